The van der Waals surface area contributed by atoms with Crippen molar-refractivity contribution in [1.29, 1.82) is 0 Å². The quantitative estimate of drug-likeness (QED) is 0.817. The van der Waals surface area contributed by atoms with E-state index >= 15 is 0 Å². The Morgan fingerprint density at radius 3 is 2.79 bits per heavy atom. The van der Waals surface area contributed by atoms with E-state index in [2.05, 4.69) is 10.1 Å². The molecular weight excluding hydrogens is 241 g/mol. The molecule has 0 aliphatic heterocycles. The molecular formula is C8H7Cl2N3S. The predicted molar refractivity (Wildman–Crippen MR) is 58.2 cm³/mol. The molecule has 0 amide bonds. The van der Waals surface area contributed by atoms with Gasteiger partial charge in [0.15, 0.2) is 4.47 Å². The Hall–Kier alpha value is -0.580. The molecule has 0 unspecified atom stereocenters. The van der Waals surface area contributed by atoms with E-state index < -0.39 is 0 Å². The number of rotatable bonds is 2. The van der Waals surface area contributed by atoms with Gasteiger partial charge < -0.3 is 0 Å². The molecule has 2 rings (SSSR count). The van der Waals surface area contributed by atoms with E-state index in [1.807, 2.05) is 6.92 Å². The molecule has 2 aromatic rings. The van der Waals surface area contributed by atoms with Gasteiger partial charge in [-0.25, -0.2) is 4.98 Å². The summed E-state index contributed by atoms with van der Waals surface area (Å²) < 4.78 is 2.33. The highest BCUT2D eigenvalue weighted by molar-refractivity contribution is 7.15. The van der Waals surface area contributed by atoms with Crippen LogP contribution in [-0.2, 0) is 6.54 Å². The first-order valence-corrected chi connectivity index (χ1v) is 5.52. The second kappa shape index (κ2) is 3.88. The Morgan fingerprint density at radius 1 is 1.50 bits per heavy atom. The van der Waals surface area contributed by atoms with Crippen LogP contribution in [0.15, 0.2) is 12.4 Å². The lowest BCUT2D eigenvalue weighted by molar-refractivity contribution is 0.686. The summed E-state index contributed by atoms with van der Waals surface area (Å²) in [7, 11) is 0. The molecule has 2 aromatic heterocycles. The van der Waals surface area contributed by atoms with E-state index in [0.717, 1.165) is 10.6 Å². The summed E-state index contributed by atoms with van der Waals surface area (Å²) in [6.45, 7) is 2.54. The number of aromatic nitrogens is 3. The van der Waals surface area contributed by atoms with E-state index in [1.54, 1.807) is 17.1 Å². The summed E-state index contributed by atoms with van der Waals surface area (Å²) in [6, 6.07) is 0. The smallest absolute Gasteiger partial charge is 0.183 e. The minimum absolute atomic E-state index is 0.551. The standard InChI is InChI=1S/C8H7Cl2N3S/c1-5-7(9)4-13(12-5)3-6-2-11-8(10)14-6/h2,4H,3H2,1H3. The van der Waals surface area contributed by atoms with E-state index in [-0.39, 0.29) is 0 Å². The molecule has 0 fully saturated rings. The Balaban J connectivity index is 2.18. The van der Waals surface area contributed by atoms with E-state index in [9.17, 15) is 0 Å². The van der Waals surface area contributed by atoms with Crippen LogP contribution < -0.4 is 0 Å². The molecule has 0 spiro atoms. The molecule has 0 saturated heterocycles. The zero-order valence-electron chi connectivity index (χ0n) is 7.37. The van der Waals surface area contributed by atoms with Gasteiger partial charge in [-0.2, -0.15) is 5.10 Å². The van der Waals surface area contributed by atoms with Crippen molar-refractivity contribution in [2.45, 2.75) is 13.5 Å². The zero-order chi connectivity index (χ0) is 10.1. The number of thiazole rings is 1. The molecule has 6 heteroatoms. The van der Waals surface area contributed by atoms with Crippen LogP contribution in [0.2, 0.25) is 9.49 Å². The highest BCUT2D eigenvalue weighted by Crippen LogP contribution is 2.19. The van der Waals surface area contributed by atoms with Gasteiger partial charge in [-0.1, -0.05) is 23.2 Å². The summed E-state index contributed by atoms with van der Waals surface area (Å²) in [4.78, 5) is 5.02. The number of aryl methyl sites for hydroxylation is 1. The van der Waals surface area contributed by atoms with Gasteiger partial charge in [0, 0.05) is 17.3 Å². The van der Waals surface area contributed by atoms with Crippen molar-refractivity contribution in [3.05, 3.63) is 32.5 Å². The SMILES string of the molecule is Cc1nn(Cc2cnc(Cl)s2)cc1Cl. The van der Waals surface area contributed by atoms with Gasteiger partial charge in [-0.15, -0.1) is 11.3 Å². The highest BCUT2D eigenvalue weighted by atomic mass is 35.5. The fourth-order valence-corrected chi connectivity index (χ4v) is 2.21. The van der Waals surface area contributed by atoms with Gasteiger partial charge in [-0.05, 0) is 6.92 Å². The Kier molecular flexibility index (Phi) is 2.76. The number of hydrogen-bond donors (Lipinski definition) is 0. The lowest BCUT2D eigenvalue weighted by atomic mass is 10.5. The second-order valence-electron chi connectivity index (χ2n) is 2.84. The fourth-order valence-electron chi connectivity index (χ4n) is 1.09. The molecule has 0 aliphatic carbocycles. The molecule has 0 radical (unpaired) electrons. The van der Waals surface area contributed by atoms with Crippen LogP contribution in [0.3, 0.4) is 0 Å². The maximum atomic E-state index is 5.88. The van der Waals surface area contributed by atoms with Crippen molar-refractivity contribution in [2.75, 3.05) is 0 Å². The highest BCUT2D eigenvalue weighted by Gasteiger charge is 2.04. The van der Waals surface area contributed by atoms with Crippen LogP contribution in [0, 0.1) is 6.92 Å². The van der Waals surface area contributed by atoms with Crippen LogP contribution in [0.1, 0.15) is 10.6 Å². The second-order valence-corrected chi connectivity index (χ2v) is 4.94. The third-order valence-electron chi connectivity index (χ3n) is 1.73. The number of halogens is 2. The lowest BCUT2D eigenvalue weighted by Crippen LogP contribution is -1.98. The third kappa shape index (κ3) is 2.08. The summed E-state index contributed by atoms with van der Waals surface area (Å²) in [5, 5.41) is 4.92. The largest absolute Gasteiger partial charge is 0.266 e. The molecule has 0 saturated carbocycles. The van der Waals surface area contributed by atoms with Gasteiger partial charge in [0.25, 0.3) is 0 Å². The van der Waals surface area contributed by atoms with Gasteiger partial charge in [0.1, 0.15) is 0 Å². The van der Waals surface area contributed by atoms with Crippen LogP contribution in [-0.4, -0.2) is 14.8 Å². The zero-order valence-corrected chi connectivity index (χ0v) is 9.70. The molecule has 74 valence electrons. The van der Waals surface area contributed by atoms with Gasteiger partial charge >= 0.3 is 0 Å². The van der Waals surface area contributed by atoms with Gasteiger partial charge in [-0.3, -0.25) is 4.68 Å². The first-order chi connectivity index (χ1) is 6.65. The molecule has 3 nitrogen and oxygen atoms in total. The average Bonchev–Trinajstić information content (AvgIpc) is 2.62. The third-order valence-corrected chi connectivity index (χ3v) is 3.20. The van der Waals surface area contributed by atoms with Crippen molar-refractivity contribution in [3.63, 3.8) is 0 Å². The average molecular weight is 248 g/mol. The molecule has 2 heterocycles. The minimum atomic E-state index is 0.551. The Bertz CT molecular complexity index is 430. The molecule has 0 bridgehead atoms. The summed E-state index contributed by atoms with van der Waals surface area (Å²) in [5.41, 5.74) is 0.835. The normalized spacial score (nSPS) is 10.8. The van der Waals surface area contributed by atoms with Crippen molar-refractivity contribution in [1.82, 2.24) is 14.8 Å². The lowest BCUT2D eigenvalue weighted by Gasteiger charge is -1.95. The van der Waals surface area contributed by atoms with E-state index in [0.29, 0.717) is 16.0 Å². The molecule has 0 aromatic carbocycles. The van der Waals surface area contributed by atoms with Crippen LogP contribution in [0.25, 0.3) is 0 Å². The molecule has 14 heavy (non-hydrogen) atoms. The van der Waals surface area contributed by atoms with Gasteiger partial charge in [0.2, 0.25) is 0 Å². The van der Waals surface area contributed by atoms with E-state index in [1.165, 1.54) is 11.3 Å². The predicted octanol–water partition coefficient (Wildman–Crippen LogP) is 3.00. The Morgan fingerprint density at radius 2 is 2.29 bits per heavy atom. The summed E-state index contributed by atoms with van der Waals surface area (Å²) >= 11 is 13.0. The molecule has 0 N–H and O–H groups in total. The van der Waals surface area contributed by atoms with Crippen LogP contribution in [0.5, 0.6) is 0 Å². The maximum Gasteiger partial charge on any atom is 0.183 e. The first-order valence-electron chi connectivity index (χ1n) is 3.95. The number of hydrogen-bond acceptors (Lipinski definition) is 3. The minimum Gasteiger partial charge on any atom is -0.266 e. The fraction of sp³-hybridized carbons (Fsp3) is 0.250. The molecule has 0 atom stereocenters. The van der Waals surface area contributed by atoms with Crippen LogP contribution >= 0.6 is 34.5 Å². The van der Waals surface area contributed by atoms with Crippen LogP contribution in [0.4, 0.5) is 0 Å². The maximum absolute atomic E-state index is 5.88. The Labute approximate surface area is 95.3 Å². The summed E-state index contributed by atoms with van der Waals surface area (Å²) in [5.74, 6) is 0. The van der Waals surface area contributed by atoms with Gasteiger partial charge in [0.05, 0.1) is 17.3 Å². The number of nitrogens with zero attached hydrogens (tertiary/aromatic N) is 3. The van der Waals surface area contributed by atoms with Crippen molar-refractivity contribution in [3.8, 4) is 0 Å². The molecule has 0 aliphatic rings. The van der Waals surface area contributed by atoms with Crippen molar-refractivity contribution < 1.29 is 0 Å². The first kappa shape index (κ1) is 9.96. The topological polar surface area (TPSA) is 30.7 Å². The van der Waals surface area contributed by atoms with Crippen molar-refractivity contribution >= 4 is 34.5 Å². The summed E-state index contributed by atoms with van der Waals surface area (Å²) in [6.07, 6.45) is 3.54. The monoisotopic (exact) mass is 247 g/mol. The van der Waals surface area contributed by atoms with Crippen molar-refractivity contribution in [2.24, 2.45) is 0 Å². The van der Waals surface area contributed by atoms with E-state index in [4.69, 9.17) is 23.2 Å².